The maximum absolute atomic E-state index is 10.8. The van der Waals surface area contributed by atoms with Gasteiger partial charge < -0.3 is 20.6 Å². The van der Waals surface area contributed by atoms with E-state index in [9.17, 15) is 4.79 Å². The summed E-state index contributed by atoms with van der Waals surface area (Å²) in [7, 11) is 0. The molecule has 0 saturated carbocycles. The van der Waals surface area contributed by atoms with Crippen molar-refractivity contribution in [2.24, 2.45) is 10.7 Å². The van der Waals surface area contributed by atoms with Crippen LogP contribution in [-0.4, -0.2) is 40.9 Å². The number of pyridine rings is 1. The van der Waals surface area contributed by atoms with E-state index in [0.29, 0.717) is 12.0 Å². The van der Waals surface area contributed by atoms with E-state index in [1.54, 1.807) is 12.4 Å². The number of rotatable bonds is 7. The summed E-state index contributed by atoms with van der Waals surface area (Å²) in [6.07, 6.45) is 4.04. The van der Waals surface area contributed by atoms with E-state index in [4.69, 9.17) is 21.2 Å². The first kappa shape index (κ1) is 21.0. The number of hydrogen-bond donors (Lipinski definition) is 3. The molecule has 4 rings (SSSR count). The smallest absolute Gasteiger partial charge is 0.303 e. The van der Waals surface area contributed by atoms with E-state index in [1.807, 2.05) is 60.7 Å². The number of anilines is 2. The average molecular weight is 428 g/mol. The Morgan fingerprint density at radius 3 is 2.19 bits per heavy atom. The van der Waals surface area contributed by atoms with Crippen molar-refractivity contribution in [3.63, 3.8) is 0 Å². The van der Waals surface area contributed by atoms with Crippen LogP contribution in [0.1, 0.15) is 17.5 Å². The Labute approximate surface area is 186 Å². The van der Waals surface area contributed by atoms with Gasteiger partial charge in [0, 0.05) is 42.6 Å². The molecule has 0 radical (unpaired) electrons. The van der Waals surface area contributed by atoms with Crippen LogP contribution in [0.3, 0.4) is 0 Å². The number of nitrogens with zero attached hydrogens (tertiary/aromatic N) is 4. The van der Waals surface area contributed by atoms with Gasteiger partial charge in [-0.3, -0.25) is 15.2 Å². The van der Waals surface area contributed by atoms with Crippen molar-refractivity contribution in [3.8, 4) is 0 Å². The van der Waals surface area contributed by atoms with E-state index in [0.717, 1.165) is 41.7 Å². The molecule has 3 aromatic rings. The summed E-state index contributed by atoms with van der Waals surface area (Å²) in [4.78, 5) is 24.1. The standard InChI is InChI=1S/C24H24N6O2/c25-23(26)18-6-10-21(11-7-18)30-15-14-29(24(30)28-19-2-1-13-27-16-19)20-8-3-17(4-9-20)5-12-22(31)32/h1-4,6-11,13,16H,5,12,14-15H2,(H3,25,26)(H,31,32). The van der Waals surface area contributed by atoms with Crippen LogP contribution < -0.4 is 15.5 Å². The summed E-state index contributed by atoms with van der Waals surface area (Å²) in [6.45, 7) is 1.47. The number of carboxylic acid groups (broad SMARTS) is 1. The first-order valence-corrected chi connectivity index (χ1v) is 10.3. The minimum Gasteiger partial charge on any atom is -0.481 e. The fraction of sp³-hybridized carbons (Fsp3) is 0.167. The fourth-order valence-corrected chi connectivity index (χ4v) is 3.61. The van der Waals surface area contributed by atoms with Gasteiger partial charge in [-0.25, -0.2) is 4.99 Å². The van der Waals surface area contributed by atoms with Crippen molar-refractivity contribution in [3.05, 3.63) is 84.2 Å². The molecule has 1 aliphatic rings. The number of guanidine groups is 1. The summed E-state index contributed by atoms with van der Waals surface area (Å²) < 4.78 is 0. The average Bonchev–Trinajstić information content (AvgIpc) is 3.22. The molecule has 0 spiro atoms. The number of nitrogen functional groups attached to an aromatic ring is 1. The zero-order valence-electron chi connectivity index (χ0n) is 17.5. The lowest BCUT2D eigenvalue weighted by atomic mass is 10.1. The first-order chi connectivity index (χ1) is 15.5. The lowest BCUT2D eigenvalue weighted by Gasteiger charge is -2.24. The highest BCUT2D eigenvalue weighted by Gasteiger charge is 2.29. The van der Waals surface area contributed by atoms with Gasteiger partial charge in [0.05, 0.1) is 11.9 Å². The monoisotopic (exact) mass is 428 g/mol. The van der Waals surface area contributed by atoms with Gasteiger partial charge in [0.1, 0.15) is 5.84 Å². The quantitative estimate of drug-likeness (QED) is 0.392. The van der Waals surface area contributed by atoms with Gasteiger partial charge in [-0.05, 0) is 60.5 Å². The summed E-state index contributed by atoms with van der Waals surface area (Å²) in [5, 5.41) is 16.5. The second-order valence-electron chi connectivity index (χ2n) is 7.45. The van der Waals surface area contributed by atoms with E-state index < -0.39 is 5.97 Å². The Bertz CT molecular complexity index is 1130. The second kappa shape index (κ2) is 9.30. The van der Waals surface area contributed by atoms with Gasteiger partial charge >= 0.3 is 5.97 Å². The van der Waals surface area contributed by atoms with Crippen LogP contribution in [0.4, 0.5) is 17.1 Å². The lowest BCUT2D eigenvalue weighted by Crippen LogP contribution is -2.33. The molecule has 32 heavy (non-hydrogen) atoms. The van der Waals surface area contributed by atoms with Crippen LogP contribution in [0.5, 0.6) is 0 Å². The van der Waals surface area contributed by atoms with Crippen LogP contribution in [-0.2, 0) is 11.2 Å². The van der Waals surface area contributed by atoms with Gasteiger partial charge in [-0.1, -0.05) is 12.1 Å². The number of aryl methyl sites for hydroxylation is 1. The highest BCUT2D eigenvalue weighted by molar-refractivity contribution is 6.10. The molecular formula is C24H24N6O2. The number of carbonyl (C=O) groups is 1. The molecule has 0 atom stereocenters. The summed E-state index contributed by atoms with van der Waals surface area (Å²) in [5.74, 6) is 0.00430. The zero-order valence-corrected chi connectivity index (χ0v) is 17.5. The fourth-order valence-electron chi connectivity index (χ4n) is 3.61. The van der Waals surface area contributed by atoms with Gasteiger partial charge in [0.15, 0.2) is 0 Å². The Hall–Kier alpha value is -4.20. The van der Waals surface area contributed by atoms with E-state index >= 15 is 0 Å². The van der Waals surface area contributed by atoms with Crippen molar-refractivity contribution in [1.29, 1.82) is 5.41 Å². The Morgan fingerprint density at radius 2 is 1.66 bits per heavy atom. The van der Waals surface area contributed by atoms with E-state index in [2.05, 4.69) is 14.8 Å². The summed E-state index contributed by atoms with van der Waals surface area (Å²) in [6, 6.07) is 19.2. The number of aliphatic carboxylic acids is 1. The first-order valence-electron chi connectivity index (χ1n) is 10.3. The van der Waals surface area contributed by atoms with Crippen molar-refractivity contribution < 1.29 is 9.90 Å². The predicted octanol–water partition coefficient (Wildman–Crippen LogP) is 3.40. The molecule has 0 bridgehead atoms. The molecule has 1 fully saturated rings. The van der Waals surface area contributed by atoms with Crippen LogP contribution >= 0.6 is 0 Å². The maximum atomic E-state index is 10.8. The minimum atomic E-state index is -0.800. The van der Waals surface area contributed by atoms with E-state index in [1.165, 1.54) is 0 Å². The number of carboxylic acids is 1. The third-order valence-corrected chi connectivity index (χ3v) is 5.27. The van der Waals surface area contributed by atoms with Crippen molar-refractivity contribution >= 4 is 34.8 Å². The number of amidine groups is 1. The normalized spacial score (nSPS) is 14.7. The molecule has 162 valence electrons. The molecule has 1 saturated heterocycles. The van der Waals surface area contributed by atoms with Gasteiger partial charge in [-0.15, -0.1) is 0 Å². The van der Waals surface area contributed by atoms with Crippen molar-refractivity contribution in [2.75, 3.05) is 22.9 Å². The highest BCUT2D eigenvalue weighted by atomic mass is 16.4. The molecule has 2 heterocycles. The summed E-state index contributed by atoms with van der Waals surface area (Å²) in [5.41, 5.74) is 9.94. The molecule has 0 unspecified atom stereocenters. The number of benzene rings is 2. The van der Waals surface area contributed by atoms with Crippen molar-refractivity contribution in [1.82, 2.24) is 4.98 Å². The van der Waals surface area contributed by atoms with Gasteiger partial charge in [-0.2, -0.15) is 0 Å². The van der Waals surface area contributed by atoms with Gasteiger partial charge in [0.2, 0.25) is 5.96 Å². The Balaban J connectivity index is 1.65. The summed E-state index contributed by atoms with van der Waals surface area (Å²) >= 11 is 0. The number of nitrogens with two attached hydrogens (primary N) is 1. The van der Waals surface area contributed by atoms with Crippen LogP contribution in [0.25, 0.3) is 0 Å². The molecule has 1 aliphatic heterocycles. The van der Waals surface area contributed by atoms with Gasteiger partial charge in [0.25, 0.3) is 0 Å². The number of hydrogen-bond acceptors (Lipinski definition) is 4. The molecular weight excluding hydrogens is 404 g/mol. The third-order valence-electron chi connectivity index (χ3n) is 5.27. The van der Waals surface area contributed by atoms with E-state index in [-0.39, 0.29) is 12.3 Å². The number of aromatic nitrogens is 1. The molecule has 0 aliphatic carbocycles. The van der Waals surface area contributed by atoms with Crippen LogP contribution in [0, 0.1) is 5.41 Å². The van der Waals surface area contributed by atoms with Crippen molar-refractivity contribution in [2.45, 2.75) is 12.8 Å². The third kappa shape index (κ3) is 4.75. The molecule has 8 nitrogen and oxygen atoms in total. The van der Waals surface area contributed by atoms with Crippen LogP contribution in [0.2, 0.25) is 0 Å². The molecule has 1 aromatic heterocycles. The SMILES string of the molecule is N=C(N)c1ccc(N2CCN(c3ccc(CCC(=O)O)cc3)C2=Nc2cccnc2)cc1. The molecule has 2 aromatic carbocycles. The predicted molar refractivity (Wildman–Crippen MR) is 126 cm³/mol. The van der Waals surface area contributed by atoms with Crippen LogP contribution in [0.15, 0.2) is 78.0 Å². The number of aliphatic imine (C=N–C) groups is 1. The molecule has 8 heteroatoms. The number of nitrogens with one attached hydrogen (secondary N) is 1. The minimum absolute atomic E-state index is 0.0341. The second-order valence-corrected chi connectivity index (χ2v) is 7.45. The Kier molecular flexibility index (Phi) is 6.12. The maximum Gasteiger partial charge on any atom is 0.303 e. The lowest BCUT2D eigenvalue weighted by molar-refractivity contribution is -0.136. The topological polar surface area (TPSA) is 119 Å². The largest absolute Gasteiger partial charge is 0.481 e. The molecule has 0 amide bonds. The highest BCUT2D eigenvalue weighted by Crippen LogP contribution is 2.28. The Morgan fingerprint density at radius 1 is 1.03 bits per heavy atom. The zero-order chi connectivity index (χ0) is 22.5. The molecule has 4 N–H and O–H groups in total.